The first-order valence-corrected chi connectivity index (χ1v) is 8.72. The lowest BCUT2D eigenvalue weighted by Crippen LogP contribution is -2.54. The Bertz CT molecular complexity index is 674. The molecular weight excluding hydrogens is 336 g/mol. The van der Waals surface area contributed by atoms with Gasteiger partial charge < -0.3 is 15.7 Å². The first kappa shape index (κ1) is 19.6. The van der Waals surface area contributed by atoms with Gasteiger partial charge in [-0.25, -0.2) is 4.79 Å². The van der Waals surface area contributed by atoms with Crippen LogP contribution < -0.4 is 10.6 Å². The Morgan fingerprint density at radius 1 is 1.19 bits per heavy atom. The van der Waals surface area contributed by atoms with E-state index in [-0.39, 0.29) is 24.5 Å². The molecule has 26 heavy (non-hydrogen) atoms. The van der Waals surface area contributed by atoms with Gasteiger partial charge in [0, 0.05) is 26.2 Å². The van der Waals surface area contributed by atoms with Crippen LogP contribution in [0.1, 0.15) is 38.2 Å². The fraction of sp³-hybridized carbons (Fsp3) is 0.474. The van der Waals surface area contributed by atoms with Crippen molar-refractivity contribution in [1.82, 2.24) is 10.6 Å². The Balaban J connectivity index is 2.10. The van der Waals surface area contributed by atoms with Crippen molar-refractivity contribution in [3.05, 3.63) is 35.9 Å². The van der Waals surface area contributed by atoms with E-state index in [9.17, 15) is 24.3 Å². The molecule has 1 aromatic carbocycles. The van der Waals surface area contributed by atoms with Crippen LogP contribution in [0, 0.1) is 5.92 Å². The molecule has 1 aliphatic rings. The number of hydrogen-bond acceptors (Lipinski definition) is 4. The Labute approximate surface area is 152 Å². The highest BCUT2D eigenvalue weighted by molar-refractivity contribution is 5.90. The lowest BCUT2D eigenvalue weighted by molar-refractivity contribution is -0.144. The third-order valence-electron chi connectivity index (χ3n) is 4.53. The minimum Gasteiger partial charge on any atom is -0.480 e. The molecule has 0 heterocycles. The van der Waals surface area contributed by atoms with Gasteiger partial charge in [-0.2, -0.15) is 0 Å². The van der Waals surface area contributed by atoms with E-state index >= 15 is 0 Å². The van der Waals surface area contributed by atoms with Gasteiger partial charge >= 0.3 is 5.97 Å². The van der Waals surface area contributed by atoms with Crippen molar-refractivity contribution in [3.63, 3.8) is 0 Å². The number of amides is 2. The normalized spacial score (nSPS) is 19.3. The highest BCUT2D eigenvalue weighted by Gasteiger charge is 2.35. The number of benzene rings is 1. The molecule has 1 saturated carbocycles. The second-order valence-electron chi connectivity index (χ2n) is 6.66. The Hall–Kier alpha value is -2.70. The molecule has 2 amide bonds. The molecule has 0 radical (unpaired) electrons. The van der Waals surface area contributed by atoms with Crippen molar-refractivity contribution >= 4 is 23.6 Å². The zero-order valence-electron chi connectivity index (χ0n) is 14.7. The summed E-state index contributed by atoms with van der Waals surface area (Å²) >= 11 is 0. The maximum absolute atomic E-state index is 12.6. The molecular formula is C19H24N2O5. The number of carboxylic acid groups (broad SMARTS) is 1. The molecule has 1 fully saturated rings. The molecule has 140 valence electrons. The summed E-state index contributed by atoms with van der Waals surface area (Å²) < 4.78 is 0. The van der Waals surface area contributed by atoms with E-state index < -0.39 is 29.9 Å². The highest BCUT2D eigenvalue weighted by atomic mass is 16.4. The van der Waals surface area contributed by atoms with Crippen molar-refractivity contribution in [3.8, 4) is 0 Å². The molecule has 7 nitrogen and oxygen atoms in total. The molecule has 0 saturated heterocycles. The van der Waals surface area contributed by atoms with Crippen molar-refractivity contribution in [2.24, 2.45) is 5.92 Å². The monoisotopic (exact) mass is 360 g/mol. The molecule has 1 aliphatic carbocycles. The molecule has 1 aromatic rings. The summed E-state index contributed by atoms with van der Waals surface area (Å²) in [6.07, 6.45) is 2.07. The Kier molecular flexibility index (Phi) is 6.89. The number of rotatable bonds is 7. The quantitative estimate of drug-likeness (QED) is 0.673. The van der Waals surface area contributed by atoms with Crippen LogP contribution >= 0.6 is 0 Å². The smallest absolute Gasteiger partial charge is 0.326 e. The topological polar surface area (TPSA) is 113 Å². The molecule has 0 bridgehead atoms. The van der Waals surface area contributed by atoms with Gasteiger partial charge in [0.1, 0.15) is 17.9 Å². The summed E-state index contributed by atoms with van der Waals surface area (Å²) in [5.41, 5.74) is 0.848. The molecule has 0 unspecified atom stereocenters. The average Bonchev–Trinajstić information content (AvgIpc) is 2.59. The van der Waals surface area contributed by atoms with Crippen LogP contribution in [0.5, 0.6) is 0 Å². The SMILES string of the molecule is CC(=O)N[C@H](Cc1ccccc1)C(=O)N[C@H](C(=O)O)[C@@H]1CCCC(=O)C1. The maximum atomic E-state index is 12.6. The summed E-state index contributed by atoms with van der Waals surface area (Å²) in [5, 5.41) is 14.6. The zero-order valence-corrected chi connectivity index (χ0v) is 14.7. The van der Waals surface area contributed by atoms with E-state index in [2.05, 4.69) is 10.6 Å². The molecule has 2 rings (SSSR count). The molecule has 0 spiro atoms. The van der Waals surface area contributed by atoms with Crippen molar-refractivity contribution < 1.29 is 24.3 Å². The molecule has 0 aromatic heterocycles. The van der Waals surface area contributed by atoms with E-state index in [4.69, 9.17) is 0 Å². The van der Waals surface area contributed by atoms with Crippen molar-refractivity contribution in [2.45, 2.75) is 51.1 Å². The number of nitrogens with one attached hydrogen (secondary N) is 2. The fourth-order valence-electron chi connectivity index (χ4n) is 3.28. The molecule has 0 aliphatic heterocycles. The number of carbonyl (C=O) groups is 4. The third kappa shape index (κ3) is 5.68. The summed E-state index contributed by atoms with van der Waals surface area (Å²) in [6.45, 7) is 1.31. The second kappa shape index (κ2) is 9.12. The van der Waals surface area contributed by atoms with Gasteiger partial charge in [0.15, 0.2) is 0 Å². The van der Waals surface area contributed by atoms with Crippen LogP contribution in [0.4, 0.5) is 0 Å². The van der Waals surface area contributed by atoms with Gasteiger partial charge in [-0.15, -0.1) is 0 Å². The van der Waals surface area contributed by atoms with Crippen LogP contribution in [0.25, 0.3) is 0 Å². The average molecular weight is 360 g/mol. The van der Waals surface area contributed by atoms with E-state index in [1.807, 2.05) is 30.3 Å². The van der Waals surface area contributed by atoms with Crippen LogP contribution in [0.15, 0.2) is 30.3 Å². The lowest BCUT2D eigenvalue weighted by Gasteiger charge is -2.29. The van der Waals surface area contributed by atoms with Gasteiger partial charge in [-0.05, 0) is 24.3 Å². The van der Waals surface area contributed by atoms with Crippen LogP contribution in [-0.4, -0.2) is 40.8 Å². The Morgan fingerprint density at radius 3 is 2.46 bits per heavy atom. The molecule has 3 N–H and O–H groups in total. The summed E-state index contributed by atoms with van der Waals surface area (Å²) in [4.78, 5) is 47.4. The molecule has 7 heteroatoms. The van der Waals surface area contributed by atoms with Gasteiger partial charge in [0.05, 0.1) is 0 Å². The van der Waals surface area contributed by atoms with E-state index in [1.54, 1.807) is 0 Å². The number of carbonyl (C=O) groups excluding carboxylic acids is 3. The zero-order chi connectivity index (χ0) is 19.1. The first-order valence-electron chi connectivity index (χ1n) is 8.72. The number of ketones is 1. The van der Waals surface area contributed by atoms with E-state index in [0.29, 0.717) is 19.3 Å². The van der Waals surface area contributed by atoms with E-state index in [1.165, 1.54) is 6.92 Å². The van der Waals surface area contributed by atoms with Crippen molar-refractivity contribution in [2.75, 3.05) is 0 Å². The van der Waals surface area contributed by atoms with Crippen LogP contribution in [0.2, 0.25) is 0 Å². The summed E-state index contributed by atoms with van der Waals surface area (Å²) in [7, 11) is 0. The predicted octanol–water partition coefficient (Wildman–Crippen LogP) is 1.06. The largest absolute Gasteiger partial charge is 0.480 e. The Morgan fingerprint density at radius 2 is 1.88 bits per heavy atom. The first-order chi connectivity index (χ1) is 12.4. The van der Waals surface area contributed by atoms with Crippen LogP contribution in [0.3, 0.4) is 0 Å². The lowest BCUT2D eigenvalue weighted by atomic mass is 9.83. The van der Waals surface area contributed by atoms with Crippen LogP contribution in [-0.2, 0) is 25.6 Å². The fourth-order valence-corrected chi connectivity index (χ4v) is 3.28. The second-order valence-corrected chi connectivity index (χ2v) is 6.66. The van der Waals surface area contributed by atoms with Crippen molar-refractivity contribution in [1.29, 1.82) is 0 Å². The minimum absolute atomic E-state index is 0.0180. The third-order valence-corrected chi connectivity index (χ3v) is 4.53. The number of carboxylic acids is 1. The number of aliphatic carboxylic acids is 1. The van der Waals surface area contributed by atoms with Gasteiger partial charge in [-0.1, -0.05) is 30.3 Å². The van der Waals surface area contributed by atoms with Gasteiger partial charge in [0.25, 0.3) is 0 Å². The number of Topliss-reactive ketones (excluding diaryl/α,β-unsaturated/α-hetero) is 1. The minimum atomic E-state index is -1.17. The number of hydrogen-bond donors (Lipinski definition) is 3. The summed E-state index contributed by atoms with van der Waals surface area (Å²) in [6, 6.07) is 7.14. The summed E-state index contributed by atoms with van der Waals surface area (Å²) in [5.74, 6) is -2.51. The standard InChI is InChI=1S/C19H24N2O5/c1-12(22)20-16(10-13-6-3-2-4-7-13)18(24)21-17(19(25)26)14-8-5-9-15(23)11-14/h2-4,6-7,14,16-17H,5,8-11H2,1H3,(H,20,22)(H,21,24)(H,25,26)/t14-,16-,17+/m1/s1. The molecule has 3 atom stereocenters. The maximum Gasteiger partial charge on any atom is 0.326 e. The highest BCUT2D eigenvalue weighted by Crippen LogP contribution is 2.24. The van der Waals surface area contributed by atoms with Gasteiger partial charge in [0.2, 0.25) is 11.8 Å². The van der Waals surface area contributed by atoms with Gasteiger partial charge in [-0.3, -0.25) is 14.4 Å². The predicted molar refractivity (Wildman–Crippen MR) is 94.3 cm³/mol. The van der Waals surface area contributed by atoms with E-state index in [0.717, 1.165) is 5.56 Å².